The van der Waals surface area contributed by atoms with Crippen molar-refractivity contribution in [2.24, 2.45) is 0 Å². The zero-order valence-corrected chi connectivity index (χ0v) is 22.5. The Morgan fingerprint density at radius 3 is 2.25 bits per heavy atom. The van der Waals surface area contributed by atoms with Crippen molar-refractivity contribution in [3.05, 3.63) is 112 Å². The predicted octanol–water partition coefficient (Wildman–Crippen LogP) is 4.19. The zero-order chi connectivity index (χ0) is 28.5. The Balaban J connectivity index is 1.57. The van der Waals surface area contributed by atoms with Crippen LogP contribution in [0, 0.1) is 5.82 Å². The summed E-state index contributed by atoms with van der Waals surface area (Å²) in [5.41, 5.74) is 1.95. The van der Waals surface area contributed by atoms with E-state index in [1.54, 1.807) is 67.8 Å². The van der Waals surface area contributed by atoms with E-state index in [0.29, 0.717) is 27.8 Å². The highest BCUT2D eigenvalue weighted by molar-refractivity contribution is 5.86. The van der Waals surface area contributed by atoms with Crippen LogP contribution < -0.4 is 10.2 Å². The van der Waals surface area contributed by atoms with Crippen molar-refractivity contribution in [1.29, 1.82) is 0 Å². The second-order valence-corrected chi connectivity index (χ2v) is 9.30. The minimum absolute atomic E-state index is 0.0475. The summed E-state index contributed by atoms with van der Waals surface area (Å²) in [4.78, 5) is 43.0. The van der Waals surface area contributed by atoms with E-state index in [1.165, 1.54) is 35.3 Å². The Kier molecular flexibility index (Phi) is 9.64. The summed E-state index contributed by atoms with van der Waals surface area (Å²) in [6, 6.07) is 19.8. The molecule has 0 saturated carbocycles. The van der Waals surface area contributed by atoms with Crippen LogP contribution in [0.15, 0.2) is 88.3 Å². The van der Waals surface area contributed by atoms with Crippen LogP contribution in [0.5, 0.6) is 5.75 Å². The van der Waals surface area contributed by atoms with Gasteiger partial charge < -0.3 is 23.7 Å². The van der Waals surface area contributed by atoms with Crippen molar-refractivity contribution >= 4 is 22.8 Å². The van der Waals surface area contributed by atoms with Crippen molar-refractivity contribution < 1.29 is 27.9 Å². The van der Waals surface area contributed by atoms with E-state index in [2.05, 4.69) is 0 Å². The summed E-state index contributed by atoms with van der Waals surface area (Å²) in [7, 11) is 3.09. The molecule has 0 unspecified atom stereocenters. The maximum atomic E-state index is 13.7. The summed E-state index contributed by atoms with van der Waals surface area (Å²) in [5.74, 6) is -0.345. The third-order valence-corrected chi connectivity index (χ3v) is 6.51. The minimum Gasteiger partial charge on any atom is -0.497 e. The molecule has 0 aliphatic rings. The SMILES string of the molecule is COCCN(CC(=O)N(Cc1ccc(F)cc1)Cc1coc2ccccc2c1=O)C(=O)Cc1ccc(OC)cc1. The van der Waals surface area contributed by atoms with E-state index in [-0.39, 0.29) is 56.4 Å². The average Bonchev–Trinajstić information content (AvgIpc) is 2.97. The van der Waals surface area contributed by atoms with Gasteiger partial charge in [0.2, 0.25) is 11.8 Å². The molecule has 4 rings (SSSR count). The third-order valence-electron chi connectivity index (χ3n) is 6.51. The van der Waals surface area contributed by atoms with Crippen LogP contribution in [0.2, 0.25) is 0 Å². The van der Waals surface area contributed by atoms with Crippen molar-refractivity contribution in [2.75, 3.05) is 33.9 Å². The summed E-state index contributed by atoms with van der Waals surface area (Å²) < 4.78 is 29.5. The number of ether oxygens (including phenoxy) is 2. The Bertz CT molecular complexity index is 1500. The molecule has 0 radical (unpaired) electrons. The van der Waals surface area contributed by atoms with Crippen molar-refractivity contribution in [1.82, 2.24) is 9.80 Å². The second-order valence-electron chi connectivity index (χ2n) is 9.30. The molecule has 40 heavy (non-hydrogen) atoms. The average molecular weight is 547 g/mol. The van der Waals surface area contributed by atoms with E-state index in [1.807, 2.05) is 0 Å². The van der Waals surface area contributed by atoms with Crippen molar-refractivity contribution in [3.8, 4) is 5.75 Å². The first kappa shape index (κ1) is 28.5. The van der Waals surface area contributed by atoms with Crippen LogP contribution in [0.25, 0.3) is 11.0 Å². The fraction of sp³-hybridized carbons (Fsp3) is 0.258. The number of carbonyl (C=O) groups excluding carboxylic acids is 2. The van der Waals surface area contributed by atoms with Crippen LogP contribution in [0.3, 0.4) is 0 Å². The summed E-state index contributed by atoms with van der Waals surface area (Å²) in [5, 5.41) is 0.408. The van der Waals surface area contributed by atoms with E-state index in [9.17, 15) is 18.8 Å². The van der Waals surface area contributed by atoms with Crippen molar-refractivity contribution in [2.45, 2.75) is 19.5 Å². The smallest absolute Gasteiger partial charge is 0.242 e. The minimum atomic E-state index is -0.397. The first-order valence-electron chi connectivity index (χ1n) is 12.8. The molecular weight excluding hydrogens is 515 g/mol. The first-order chi connectivity index (χ1) is 19.4. The molecule has 0 atom stereocenters. The molecule has 0 aliphatic heterocycles. The maximum absolute atomic E-state index is 13.7. The molecule has 8 nitrogen and oxygen atoms in total. The van der Waals surface area contributed by atoms with Gasteiger partial charge in [0.1, 0.15) is 17.1 Å². The number of para-hydroxylation sites is 1. The number of methoxy groups -OCH3 is 2. The Morgan fingerprint density at radius 2 is 1.55 bits per heavy atom. The summed E-state index contributed by atoms with van der Waals surface area (Å²) in [6.07, 6.45) is 1.44. The highest BCUT2D eigenvalue weighted by Gasteiger charge is 2.23. The molecule has 2 amide bonds. The molecule has 0 fully saturated rings. The van der Waals surface area contributed by atoms with Gasteiger partial charge in [0.15, 0.2) is 5.43 Å². The van der Waals surface area contributed by atoms with Gasteiger partial charge in [0.25, 0.3) is 0 Å². The molecule has 1 heterocycles. The maximum Gasteiger partial charge on any atom is 0.242 e. The normalized spacial score (nSPS) is 10.9. The van der Waals surface area contributed by atoms with Gasteiger partial charge >= 0.3 is 0 Å². The molecule has 0 saturated heterocycles. The molecule has 0 N–H and O–H groups in total. The second kappa shape index (κ2) is 13.5. The predicted molar refractivity (Wildman–Crippen MR) is 148 cm³/mol. The van der Waals surface area contributed by atoms with Gasteiger partial charge in [-0.25, -0.2) is 4.39 Å². The van der Waals surface area contributed by atoms with Crippen molar-refractivity contribution in [3.63, 3.8) is 0 Å². The van der Waals surface area contributed by atoms with E-state index in [0.717, 1.165) is 5.56 Å². The van der Waals surface area contributed by atoms with Crippen LogP contribution >= 0.6 is 0 Å². The number of halogens is 1. The van der Waals surface area contributed by atoms with E-state index in [4.69, 9.17) is 13.9 Å². The topological polar surface area (TPSA) is 89.3 Å². The molecular formula is C31H31FN2O6. The number of hydrogen-bond donors (Lipinski definition) is 0. The number of rotatable bonds is 12. The summed E-state index contributed by atoms with van der Waals surface area (Å²) >= 11 is 0. The fourth-order valence-corrected chi connectivity index (χ4v) is 4.26. The van der Waals surface area contributed by atoms with E-state index >= 15 is 0 Å². The number of fused-ring (bicyclic) bond motifs is 1. The first-order valence-corrected chi connectivity index (χ1v) is 12.8. The number of amides is 2. The van der Waals surface area contributed by atoms with Gasteiger partial charge in [-0.2, -0.15) is 0 Å². The number of hydrogen-bond acceptors (Lipinski definition) is 6. The highest BCUT2D eigenvalue weighted by atomic mass is 19.1. The highest BCUT2D eigenvalue weighted by Crippen LogP contribution is 2.16. The van der Waals surface area contributed by atoms with Gasteiger partial charge in [-0.3, -0.25) is 14.4 Å². The summed E-state index contributed by atoms with van der Waals surface area (Å²) in [6.45, 7) is 0.288. The lowest BCUT2D eigenvalue weighted by Crippen LogP contribution is -2.44. The van der Waals surface area contributed by atoms with Gasteiger partial charge in [-0.05, 0) is 47.5 Å². The van der Waals surface area contributed by atoms with E-state index < -0.39 is 5.82 Å². The van der Waals surface area contributed by atoms with Gasteiger partial charge in [0.05, 0.1) is 50.4 Å². The molecule has 4 aromatic rings. The Hall–Kier alpha value is -4.50. The van der Waals surface area contributed by atoms with Gasteiger partial charge in [-0.1, -0.05) is 36.4 Å². The third kappa shape index (κ3) is 7.33. The molecule has 1 aromatic heterocycles. The number of carbonyl (C=O) groups is 2. The van der Waals surface area contributed by atoms with Crippen LogP contribution in [-0.4, -0.2) is 55.5 Å². The molecule has 0 aliphatic carbocycles. The monoisotopic (exact) mass is 546 g/mol. The lowest BCUT2D eigenvalue weighted by atomic mass is 10.1. The van der Waals surface area contributed by atoms with Crippen LogP contribution in [-0.2, 0) is 33.8 Å². The molecule has 0 bridgehead atoms. The standard InChI is InChI=1S/C31H31FN2O6/c1-38-16-15-33(29(35)17-22-9-13-26(39-2)14-10-22)20-30(36)34(18-23-7-11-25(32)12-8-23)19-24-21-40-28-6-4-3-5-27(28)31(24)37/h3-14,21H,15-20H2,1-2H3. The van der Waals surface area contributed by atoms with Gasteiger partial charge in [-0.15, -0.1) is 0 Å². The molecule has 208 valence electrons. The number of nitrogens with zero attached hydrogens (tertiary/aromatic N) is 2. The van der Waals surface area contributed by atoms with Gasteiger partial charge in [0, 0.05) is 20.2 Å². The fourth-order valence-electron chi connectivity index (χ4n) is 4.26. The zero-order valence-electron chi connectivity index (χ0n) is 22.5. The quantitative estimate of drug-likeness (QED) is 0.265. The molecule has 9 heteroatoms. The molecule has 3 aromatic carbocycles. The lowest BCUT2D eigenvalue weighted by molar-refractivity contribution is -0.141. The van der Waals surface area contributed by atoms with Crippen LogP contribution in [0.4, 0.5) is 4.39 Å². The molecule has 0 spiro atoms. The Labute approximate surface area is 231 Å². The lowest BCUT2D eigenvalue weighted by Gasteiger charge is -2.28. The number of benzene rings is 3. The Morgan fingerprint density at radius 1 is 0.850 bits per heavy atom. The van der Waals surface area contributed by atoms with Crippen LogP contribution in [0.1, 0.15) is 16.7 Å². The largest absolute Gasteiger partial charge is 0.497 e.